The molecule has 0 aliphatic carbocycles. The summed E-state index contributed by atoms with van der Waals surface area (Å²) in [5.41, 5.74) is 7.03. The van der Waals surface area contributed by atoms with Crippen LogP contribution in [0.25, 0.3) is 12.2 Å². The SMILES string of the molecule is CN1C(=C=Cc2c(O)n(CCCn3c(O)c(C=C=C4N(C)c5ccccc5C4(C)C)c(=O)n(CCO)c3=O)c(=O)n(CCO)c2=O)C(C)(C)c2ccccc21. The van der Waals surface area contributed by atoms with Crippen molar-refractivity contribution < 1.29 is 20.4 Å². The van der Waals surface area contributed by atoms with Crippen molar-refractivity contribution >= 4 is 23.5 Å². The van der Waals surface area contributed by atoms with Gasteiger partial charge in [-0.15, -0.1) is 0 Å². The second kappa shape index (κ2) is 14.7. The highest BCUT2D eigenvalue weighted by atomic mass is 16.3. The molecule has 4 aromatic rings. The van der Waals surface area contributed by atoms with Gasteiger partial charge >= 0.3 is 11.4 Å². The van der Waals surface area contributed by atoms with Crippen LogP contribution in [0.4, 0.5) is 11.4 Å². The molecule has 0 radical (unpaired) electrons. The van der Waals surface area contributed by atoms with E-state index in [1.165, 1.54) is 12.2 Å². The van der Waals surface area contributed by atoms with Gasteiger partial charge in [0, 0.05) is 61.5 Å². The minimum Gasteiger partial charge on any atom is -0.494 e. The third kappa shape index (κ3) is 6.39. The Labute approximate surface area is 317 Å². The predicted molar refractivity (Wildman–Crippen MR) is 211 cm³/mol. The largest absolute Gasteiger partial charge is 0.494 e. The van der Waals surface area contributed by atoms with E-state index in [4.69, 9.17) is 0 Å². The molecule has 0 saturated carbocycles. The number of aliphatic hydroxyl groups excluding tert-OH is 2. The fourth-order valence-electron chi connectivity index (χ4n) is 7.82. The average molecular weight is 751 g/mol. The molecule has 2 aliphatic rings. The molecule has 0 atom stereocenters. The lowest BCUT2D eigenvalue weighted by atomic mass is 9.84. The summed E-state index contributed by atoms with van der Waals surface area (Å²) < 4.78 is 3.55. The second-order valence-electron chi connectivity index (χ2n) is 14.7. The van der Waals surface area contributed by atoms with Crippen molar-refractivity contribution in [2.24, 2.45) is 0 Å². The maximum Gasteiger partial charge on any atom is 0.333 e. The molecule has 14 heteroatoms. The van der Waals surface area contributed by atoms with E-state index in [0.29, 0.717) is 0 Å². The average Bonchev–Trinajstić information content (AvgIpc) is 3.47. The number of aliphatic hydroxyl groups is 2. The van der Waals surface area contributed by atoms with Gasteiger partial charge in [0.1, 0.15) is 11.1 Å². The zero-order valence-electron chi connectivity index (χ0n) is 31.8. The summed E-state index contributed by atoms with van der Waals surface area (Å²) in [5, 5.41) is 42.1. The molecule has 55 heavy (non-hydrogen) atoms. The van der Waals surface area contributed by atoms with Crippen LogP contribution in [0, 0.1) is 0 Å². The molecule has 0 spiro atoms. The fourth-order valence-corrected chi connectivity index (χ4v) is 7.82. The molecule has 0 amide bonds. The van der Waals surface area contributed by atoms with Gasteiger partial charge in [0.25, 0.3) is 11.1 Å². The number of fused-ring (bicyclic) bond motifs is 2. The van der Waals surface area contributed by atoms with Gasteiger partial charge in [-0.2, -0.15) is 0 Å². The van der Waals surface area contributed by atoms with E-state index in [1.54, 1.807) is 0 Å². The number of nitrogens with zero attached hydrogens (tertiary/aromatic N) is 6. The van der Waals surface area contributed by atoms with E-state index < -0.39 is 58.3 Å². The smallest absolute Gasteiger partial charge is 0.333 e. The number of likely N-dealkylation sites (N-methyl/N-ethyl adjacent to an activating group) is 2. The number of rotatable bonds is 10. The van der Waals surface area contributed by atoms with E-state index in [9.17, 15) is 39.6 Å². The number of anilines is 2. The molecule has 14 nitrogen and oxygen atoms in total. The van der Waals surface area contributed by atoms with Gasteiger partial charge in [0.2, 0.25) is 11.8 Å². The first-order chi connectivity index (χ1) is 26.1. The first-order valence-electron chi connectivity index (χ1n) is 18.0. The molecule has 2 aliphatic heterocycles. The second-order valence-corrected chi connectivity index (χ2v) is 14.7. The topological polar surface area (TPSA) is 175 Å². The van der Waals surface area contributed by atoms with Crippen molar-refractivity contribution in [1.29, 1.82) is 0 Å². The highest BCUT2D eigenvalue weighted by Gasteiger charge is 2.39. The van der Waals surface area contributed by atoms with Crippen LogP contribution in [0.3, 0.4) is 0 Å². The van der Waals surface area contributed by atoms with Gasteiger partial charge in [-0.1, -0.05) is 47.9 Å². The number of benzene rings is 2. The van der Waals surface area contributed by atoms with E-state index in [2.05, 4.69) is 11.5 Å². The number of allylic oxidation sites excluding steroid dienone is 2. The first kappa shape index (κ1) is 38.7. The Morgan fingerprint density at radius 3 is 1.29 bits per heavy atom. The predicted octanol–water partition coefficient (Wildman–Crippen LogP) is 2.67. The van der Waals surface area contributed by atoms with Crippen LogP contribution in [0.2, 0.25) is 0 Å². The maximum absolute atomic E-state index is 13.5. The summed E-state index contributed by atoms with van der Waals surface area (Å²) in [4.78, 5) is 57.9. The van der Waals surface area contributed by atoms with Crippen molar-refractivity contribution in [2.45, 2.75) is 71.1 Å². The Hall–Kier alpha value is -6.04. The highest BCUT2D eigenvalue weighted by Crippen LogP contribution is 2.47. The van der Waals surface area contributed by atoms with Crippen LogP contribution in [-0.2, 0) is 37.0 Å². The lowest BCUT2D eigenvalue weighted by Crippen LogP contribution is -2.43. The van der Waals surface area contributed by atoms with Gasteiger partial charge < -0.3 is 30.2 Å². The standard InChI is InChI=1S/C41H46N6O8/c1-40(2)28-12-7-9-14-30(28)42(5)32(40)18-16-26-34(50)44(38(54)46(22-24-48)36(26)52)20-11-21-45-35(51)27(37(53)47(23-25-49)39(45)55)17-19-33-41(3,4)29-13-8-10-15-31(29)43(33)6/h7-10,12-17,48-51H,11,20-25H2,1-6H3. The number of aromatic hydroxyl groups is 2. The number of hydrogen-bond donors (Lipinski definition) is 4. The van der Waals surface area contributed by atoms with Gasteiger partial charge in [-0.3, -0.25) is 27.9 Å². The van der Waals surface area contributed by atoms with Gasteiger partial charge in [-0.25, -0.2) is 9.59 Å². The first-order valence-corrected chi connectivity index (χ1v) is 18.0. The molecule has 0 bridgehead atoms. The lowest BCUT2D eigenvalue weighted by molar-refractivity contribution is 0.265. The normalized spacial score (nSPS) is 15.1. The molecule has 2 aromatic heterocycles. The van der Waals surface area contributed by atoms with E-state index in [-0.39, 0.29) is 43.7 Å². The summed E-state index contributed by atoms with van der Waals surface area (Å²) in [6, 6.07) is 15.7. The Kier molecular flexibility index (Phi) is 10.3. The van der Waals surface area contributed by atoms with Gasteiger partial charge in [0.15, 0.2) is 0 Å². The summed E-state index contributed by atoms with van der Waals surface area (Å²) in [6.45, 7) is 5.93. The summed E-state index contributed by atoms with van der Waals surface area (Å²) in [7, 11) is 3.75. The summed E-state index contributed by atoms with van der Waals surface area (Å²) in [5.74, 6) is -1.26. The minimum absolute atomic E-state index is 0.0275. The van der Waals surface area contributed by atoms with Crippen molar-refractivity contribution in [3.63, 3.8) is 0 Å². The molecule has 4 N–H and O–H groups in total. The van der Waals surface area contributed by atoms with Gasteiger partial charge in [-0.05, 0) is 57.4 Å². The van der Waals surface area contributed by atoms with Crippen LogP contribution >= 0.6 is 0 Å². The zero-order chi connectivity index (χ0) is 40.0. The van der Waals surface area contributed by atoms with Crippen molar-refractivity contribution in [3.05, 3.63) is 135 Å². The van der Waals surface area contributed by atoms with Crippen molar-refractivity contribution in [1.82, 2.24) is 18.3 Å². The Morgan fingerprint density at radius 2 is 0.945 bits per heavy atom. The molecular formula is C41H46N6O8. The number of hydrogen-bond acceptors (Lipinski definition) is 10. The number of aromatic nitrogens is 4. The van der Waals surface area contributed by atoms with Crippen LogP contribution in [-0.4, -0.2) is 66.0 Å². The zero-order valence-corrected chi connectivity index (χ0v) is 31.8. The molecule has 6 rings (SSSR count). The fraction of sp³-hybridized carbons (Fsp3) is 0.366. The maximum atomic E-state index is 13.5. The van der Waals surface area contributed by atoms with Crippen LogP contribution < -0.4 is 32.3 Å². The third-order valence-electron chi connectivity index (χ3n) is 10.7. The molecule has 2 aromatic carbocycles. The molecule has 288 valence electrons. The summed E-state index contributed by atoms with van der Waals surface area (Å²) in [6.07, 6.45) is 2.63. The summed E-state index contributed by atoms with van der Waals surface area (Å²) >= 11 is 0. The minimum atomic E-state index is -0.881. The monoisotopic (exact) mass is 750 g/mol. The van der Waals surface area contributed by atoms with Crippen molar-refractivity contribution in [3.8, 4) is 11.8 Å². The van der Waals surface area contributed by atoms with Crippen LogP contribution in [0.5, 0.6) is 11.8 Å². The Bertz CT molecular complexity index is 2400. The van der Waals surface area contributed by atoms with Crippen LogP contribution in [0.15, 0.2) is 90.6 Å². The van der Waals surface area contributed by atoms with Crippen LogP contribution in [0.1, 0.15) is 56.4 Å². The number of para-hydroxylation sites is 2. The molecule has 0 fully saturated rings. The third-order valence-corrected chi connectivity index (χ3v) is 10.7. The molecular weight excluding hydrogens is 704 g/mol. The Morgan fingerprint density at radius 1 is 0.582 bits per heavy atom. The lowest BCUT2D eigenvalue weighted by Gasteiger charge is -2.21. The van der Waals surface area contributed by atoms with E-state index in [0.717, 1.165) is 52.2 Å². The van der Waals surface area contributed by atoms with E-state index in [1.807, 2.05) is 100 Å². The van der Waals surface area contributed by atoms with E-state index >= 15 is 0 Å². The van der Waals surface area contributed by atoms with Gasteiger partial charge in [0.05, 0.1) is 37.7 Å². The van der Waals surface area contributed by atoms with Crippen molar-refractivity contribution in [2.75, 3.05) is 37.1 Å². The molecule has 4 heterocycles. The quantitative estimate of drug-likeness (QED) is 0.177. The highest BCUT2D eigenvalue weighted by molar-refractivity contribution is 5.72. The molecule has 0 unspecified atom stereocenters. The molecule has 0 saturated heterocycles. The Balaban J connectivity index is 1.38.